The Bertz CT molecular complexity index is 331. The molecule has 4 nitrogen and oxygen atoms in total. The van der Waals surface area contributed by atoms with Gasteiger partial charge in [-0.3, -0.25) is 4.79 Å². The number of nitrogens with zero attached hydrogens (tertiary/aromatic N) is 2. The molecule has 1 aromatic heterocycles. The summed E-state index contributed by atoms with van der Waals surface area (Å²) >= 11 is 7.04. The minimum atomic E-state index is -0.218. The maximum Gasteiger partial charge on any atom is 0.309 e. The number of rotatable bonds is 4. The Balaban J connectivity index is 2.43. The van der Waals surface area contributed by atoms with Gasteiger partial charge in [0.25, 0.3) is 0 Å². The van der Waals surface area contributed by atoms with E-state index in [0.29, 0.717) is 10.9 Å². The zero-order chi connectivity index (χ0) is 11.3. The molecule has 1 atom stereocenters. The highest BCUT2D eigenvalue weighted by molar-refractivity contribution is 7.99. The van der Waals surface area contributed by atoms with Gasteiger partial charge in [0.05, 0.1) is 13.0 Å². The second-order valence-corrected chi connectivity index (χ2v) is 4.36. The van der Waals surface area contributed by atoms with Crippen LogP contribution >= 0.6 is 23.4 Å². The first-order valence-electron chi connectivity index (χ1n) is 4.33. The number of halogens is 1. The van der Waals surface area contributed by atoms with Gasteiger partial charge in [0.15, 0.2) is 5.15 Å². The second kappa shape index (κ2) is 5.92. The summed E-state index contributed by atoms with van der Waals surface area (Å²) in [6.45, 7) is 1.81. The van der Waals surface area contributed by atoms with Crippen LogP contribution in [-0.4, -0.2) is 29.0 Å². The van der Waals surface area contributed by atoms with Crippen LogP contribution in [0.5, 0.6) is 0 Å². The average Bonchev–Trinajstić information content (AvgIpc) is 2.26. The van der Waals surface area contributed by atoms with Gasteiger partial charge in [0.2, 0.25) is 0 Å². The molecule has 1 unspecified atom stereocenters. The molecule has 0 aromatic carbocycles. The van der Waals surface area contributed by atoms with Crippen LogP contribution in [0.1, 0.15) is 6.92 Å². The van der Waals surface area contributed by atoms with Crippen molar-refractivity contribution in [3.8, 4) is 0 Å². The Hall–Kier alpha value is -0.810. The van der Waals surface area contributed by atoms with Gasteiger partial charge >= 0.3 is 5.97 Å². The molecule has 0 fully saturated rings. The Labute approximate surface area is 97.4 Å². The lowest BCUT2D eigenvalue weighted by molar-refractivity contribution is -0.143. The highest BCUT2D eigenvalue weighted by Gasteiger charge is 2.13. The van der Waals surface area contributed by atoms with Crippen molar-refractivity contribution < 1.29 is 9.53 Å². The molecule has 82 valence electrons. The molecule has 0 bridgehead atoms. The quantitative estimate of drug-likeness (QED) is 0.601. The van der Waals surface area contributed by atoms with E-state index in [-0.39, 0.29) is 11.9 Å². The van der Waals surface area contributed by atoms with Crippen molar-refractivity contribution in [2.24, 2.45) is 5.92 Å². The van der Waals surface area contributed by atoms with Crippen LogP contribution in [-0.2, 0) is 9.53 Å². The van der Waals surface area contributed by atoms with Crippen molar-refractivity contribution in [3.05, 3.63) is 17.3 Å². The summed E-state index contributed by atoms with van der Waals surface area (Å²) in [5.74, 6) is 0.241. The normalized spacial score (nSPS) is 12.2. The molecular formula is C9H11ClN2O2S. The fourth-order valence-electron chi connectivity index (χ4n) is 0.860. The first kappa shape index (κ1) is 12.3. The molecule has 0 N–H and O–H groups in total. The van der Waals surface area contributed by atoms with Crippen LogP contribution in [0.2, 0.25) is 5.15 Å². The van der Waals surface area contributed by atoms with Crippen LogP contribution in [0.3, 0.4) is 0 Å². The van der Waals surface area contributed by atoms with E-state index in [1.54, 1.807) is 12.1 Å². The summed E-state index contributed by atoms with van der Waals surface area (Å²) in [5.41, 5.74) is 0. The maximum absolute atomic E-state index is 11.1. The number of hydrogen-bond donors (Lipinski definition) is 0. The van der Waals surface area contributed by atoms with Crippen LogP contribution in [0.15, 0.2) is 17.2 Å². The first-order valence-corrected chi connectivity index (χ1v) is 5.69. The van der Waals surface area contributed by atoms with Gasteiger partial charge in [-0.1, -0.05) is 18.5 Å². The monoisotopic (exact) mass is 246 g/mol. The molecule has 0 amide bonds. The Morgan fingerprint density at radius 2 is 2.33 bits per heavy atom. The number of carbonyl (C=O) groups is 1. The third-order valence-electron chi connectivity index (χ3n) is 1.69. The number of esters is 1. The van der Waals surface area contributed by atoms with Gasteiger partial charge in [-0.05, 0) is 12.1 Å². The van der Waals surface area contributed by atoms with Gasteiger partial charge in [-0.25, -0.2) is 0 Å². The van der Waals surface area contributed by atoms with Gasteiger partial charge in [-0.2, -0.15) is 0 Å². The van der Waals surface area contributed by atoms with E-state index in [4.69, 9.17) is 11.6 Å². The summed E-state index contributed by atoms with van der Waals surface area (Å²) in [4.78, 5) is 11.1. The average molecular weight is 247 g/mol. The van der Waals surface area contributed by atoms with Crippen molar-refractivity contribution in [2.45, 2.75) is 11.9 Å². The number of carbonyl (C=O) groups excluding carboxylic acids is 1. The van der Waals surface area contributed by atoms with Crippen LogP contribution in [0, 0.1) is 5.92 Å². The van der Waals surface area contributed by atoms with Crippen molar-refractivity contribution in [2.75, 3.05) is 12.9 Å². The van der Waals surface area contributed by atoms with E-state index in [9.17, 15) is 4.79 Å². The topological polar surface area (TPSA) is 52.1 Å². The lowest BCUT2D eigenvalue weighted by Gasteiger charge is -2.07. The Morgan fingerprint density at radius 1 is 1.60 bits per heavy atom. The SMILES string of the molecule is COC(=O)C(C)CSc1ccc(Cl)nn1. The standard InChI is InChI=1S/C9H11ClN2O2S/c1-6(9(13)14-2)5-15-8-4-3-7(10)11-12-8/h3-4,6H,5H2,1-2H3. The summed E-state index contributed by atoms with van der Waals surface area (Å²) in [6.07, 6.45) is 0. The number of ether oxygens (including phenoxy) is 1. The number of aromatic nitrogens is 2. The van der Waals surface area contributed by atoms with Crippen LogP contribution < -0.4 is 0 Å². The van der Waals surface area contributed by atoms with E-state index in [1.165, 1.54) is 18.9 Å². The van der Waals surface area contributed by atoms with Crippen LogP contribution in [0.4, 0.5) is 0 Å². The molecule has 1 aromatic rings. The molecule has 0 aliphatic rings. The predicted molar refractivity (Wildman–Crippen MR) is 58.9 cm³/mol. The summed E-state index contributed by atoms with van der Waals surface area (Å²) in [6, 6.07) is 3.43. The molecule has 15 heavy (non-hydrogen) atoms. The molecule has 0 saturated heterocycles. The highest BCUT2D eigenvalue weighted by atomic mass is 35.5. The minimum Gasteiger partial charge on any atom is -0.469 e. The molecule has 1 rings (SSSR count). The number of methoxy groups -OCH3 is 1. The zero-order valence-electron chi connectivity index (χ0n) is 8.44. The van der Waals surface area contributed by atoms with Crippen LogP contribution in [0.25, 0.3) is 0 Å². The third-order valence-corrected chi connectivity index (χ3v) is 3.07. The van der Waals surface area contributed by atoms with Crippen molar-refractivity contribution in [1.29, 1.82) is 0 Å². The smallest absolute Gasteiger partial charge is 0.309 e. The number of thioether (sulfide) groups is 1. The van der Waals surface area contributed by atoms with E-state index in [1.807, 2.05) is 6.92 Å². The van der Waals surface area contributed by atoms with E-state index < -0.39 is 0 Å². The molecule has 0 saturated carbocycles. The van der Waals surface area contributed by atoms with Gasteiger partial charge in [0, 0.05) is 5.75 Å². The molecule has 0 aliphatic carbocycles. The Morgan fingerprint density at radius 3 is 2.87 bits per heavy atom. The second-order valence-electron chi connectivity index (χ2n) is 2.93. The molecule has 0 aliphatic heterocycles. The lowest BCUT2D eigenvalue weighted by atomic mass is 10.2. The van der Waals surface area contributed by atoms with E-state index in [0.717, 1.165) is 5.03 Å². The lowest BCUT2D eigenvalue weighted by Crippen LogP contribution is -2.14. The maximum atomic E-state index is 11.1. The van der Waals surface area contributed by atoms with Crippen molar-refractivity contribution in [3.63, 3.8) is 0 Å². The molecule has 6 heteroatoms. The van der Waals surface area contributed by atoms with Gasteiger partial charge in [-0.15, -0.1) is 22.0 Å². The molecular weight excluding hydrogens is 236 g/mol. The molecule has 0 radical (unpaired) electrons. The minimum absolute atomic E-state index is 0.155. The first-order chi connectivity index (χ1) is 7.13. The zero-order valence-corrected chi connectivity index (χ0v) is 10.0. The third kappa shape index (κ3) is 4.05. The van der Waals surface area contributed by atoms with Crippen molar-refractivity contribution >= 4 is 29.3 Å². The largest absolute Gasteiger partial charge is 0.469 e. The predicted octanol–water partition coefficient (Wildman–Crippen LogP) is 2.03. The van der Waals surface area contributed by atoms with Gasteiger partial charge in [0.1, 0.15) is 5.03 Å². The Kier molecular flexibility index (Phi) is 4.84. The molecule has 0 spiro atoms. The van der Waals surface area contributed by atoms with Gasteiger partial charge < -0.3 is 4.74 Å². The number of hydrogen-bond acceptors (Lipinski definition) is 5. The highest BCUT2D eigenvalue weighted by Crippen LogP contribution is 2.19. The molecule has 1 heterocycles. The van der Waals surface area contributed by atoms with E-state index in [2.05, 4.69) is 14.9 Å². The fourth-order valence-corrected chi connectivity index (χ4v) is 1.78. The van der Waals surface area contributed by atoms with Crippen molar-refractivity contribution in [1.82, 2.24) is 10.2 Å². The summed E-state index contributed by atoms with van der Waals surface area (Å²) in [5, 5.41) is 8.67. The summed E-state index contributed by atoms with van der Waals surface area (Å²) in [7, 11) is 1.38. The van der Waals surface area contributed by atoms with E-state index >= 15 is 0 Å². The fraction of sp³-hybridized carbons (Fsp3) is 0.444. The summed E-state index contributed by atoms with van der Waals surface area (Å²) < 4.78 is 4.61.